The molecule has 0 saturated carbocycles. The standard InChI is InChI=1S/C28H23Cl3N2O4/c1-3-36-26-11-17(10-24(31)27(26)37-16-20-8-9-21(29)14-23(20)30)15-32-33-28(34)22-12-18-6-4-5-7-19(18)13-25(22)35-2/h4-15H,3,16H2,1-2H3,(H,33,34)/b32-15-. The summed E-state index contributed by atoms with van der Waals surface area (Å²) in [7, 11) is 1.52. The average Bonchev–Trinajstić information content (AvgIpc) is 2.88. The minimum absolute atomic E-state index is 0.173. The van der Waals surface area contributed by atoms with E-state index in [1.54, 1.807) is 36.4 Å². The topological polar surface area (TPSA) is 69.2 Å². The third-order valence-corrected chi connectivity index (χ3v) is 6.28. The zero-order valence-corrected chi connectivity index (χ0v) is 22.3. The van der Waals surface area contributed by atoms with E-state index in [1.807, 2.05) is 37.3 Å². The molecule has 4 aromatic rings. The van der Waals surface area contributed by atoms with Crippen molar-refractivity contribution in [1.29, 1.82) is 0 Å². The number of benzene rings is 4. The number of nitrogens with zero attached hydrogens (tertiary/aromatic N) is 1. The smallest absolute Gasteiger partial charge is 0.275 e. The van der Waals surface area contributed by atoms with Crippen LogP contribution in [-0.4, -0.2) is 25.8 Å². The van der Waals surface area contributed by atoms with E-state index in [2.05, 4.69) is 10.5 Å². The summed E-state index contributed by atoms with van der Waals surface area (Å²) >= 11 is 18.7. The van der Waals surface area contributed by atoms with Gasteiger partial charge in [0.2, 0.25) is 0 Å². The van der Waals surface area contributed by atoms with Gasteiger partial charge in [0.15, 0.2) is 11.5 Å². The van der Waals surface area contributed by atoms with Crippen molar-refractivity contribution in [2.45, 2.75) is 13.5 Å². The highest BCUT2D eigenvalue weighted by molar-refractivity contribution is 6.35. The van der Waals surface area contributed by atoms with Crippen LogP contribution in [0.1, 0.15) is 28.4 Å². The van der Waals surface area contributed by atoms with E-state index in [4.69, 9.17) is 49.0 Å². The maximum absolute atomic E-state index is 12.8. The summed E-state index contributed by atoms with van der Waals surface area (Å²) in [5.41, 5.74) is 4.27. The molecule has 1 amide bonds. The SMILES string of the molecule is CCOc1cc(/C=N\NC(=O)c2cc3ccccc3cc2OC)cc(Cl)c1OCc1ccc(Cl)cc1Cl. The molecule has 4 rings (SSSR count). The summed E-state index contributed by atoms with van der Waals surface area (Å²) in [5, 5.41) is 7.33. The number of hydrazone groups is 1. The molecule has 0 aromatic heterocycles. The summed E-state index contributed by atoms with van der Waals surface area (Å²) in [4.78, 5) is 12.8. The van der Waals surface area contributed by atoms with Crippen molar-refractivity contribution < 1.29 is 19.0 Å². The minimum Gasteiger partial charge on any atom is -0.496 e. The van der Waals surface area contributed by atoms with Gasteiger partial charge in [-0.05, 0) is 59.7 Å². The largest absolute Gasteiger partial charge is 0.496 e. The number of ether oxygens (including phenoxy) is 3. The van der Waals surface area contributed by atoms with Crippen LogP contribution in [0.25, 0.3) is 10.8 Å². The second-order valence-electron chi connectivity index (χ2n) is 7.89. The molecule has 0 atom stereocenters. The monoisotopic (exact) mass is 556 g/mol. The molecule has 0 fully saturated rings. The van der Waals surface area contributed by atoms with Crippen LogP contribution in [0.15, 0.2) is 71.8 Å². The number of methoxy groups -OCH3 is 1. The number of carbonyl (C=O) groups is 1. The molecule has 0 spiro atoms. The zero-order valence-electron chi connectivity index (χ0n) is 20.1. The number of carbonyl (C=O) groups excluding carboxylic acids is 1. The van der Waals surface area contributed by atoms with Crippen molar-refractivity contribution in [3.8, 4) is 17.2 Å². The van der Waals surface area contributed by atoms with E-state index in [9.17, 15) is 4.79 Å². The Morgan fingerprint density at radius 3 is 2.38 bits per heavy atom. The van der Waals surface area contributed by atoms with E-state index in [0.29, 0.717) is 50.1 Å². The number of rotatable bonds is 9. The number of hydrogen-bond donors (Lipinski definition) is 1. The van der Waals surface area contributed by atoms with Gasteiger partial charge in [0.1, 0.15) is 12.4 Å². The van der Waals surface area contributed by atoms with Crippen molar-refractivity contribution >= 4 is 57.7 Å². The van der Waals surface area contributed by atoms with Gasteiger partial charge < -0.3 is 14.2 Å². The van der Waals surface area contributed by atoms with Crippen molar-refractivity contribution in [2.75, 3.05) is 13.7 Å². The molecule has 0 unspecified atom stereocenters. The van der Waals surface area contributed by atoms with Gasteiger partial charge in [-0.25, -0.2) is 5.43 Å². The predicted molar refractivity (Wildman–Crippen MR) is 149 cm³/mol. The Morgan fingerprint density at radius 1 is 0.919 bits per heavy atom. The van der Waals surface area contributed by atoms with Crippen LogP contribution >= 0.6 is 34.8 Å². The third-order valence-electron chi connectivity index (χ3n) is 5.41. The highest BCUT2D eigenvalue weighted by Crippen LogP contribution is 2.37. The first-order valence-electron chi connectivity index (χ1n) is 11.3. The summed E-state index contributed by atoms with van der Waals surface area (Å²) in [6, 6.07) is 19.9. The molecule has 9 heteroatoms. The summed E-state index contributed by atoms with van der Waals surface area (Å²) < 4.78 is 17.1. The van der Waals surface area contributed by atoms with Gasteiger partial charge in [-0.15, -0.1) is 0 Å². The van der Waals surface area contributed by atoms with Crippen LogP contribution in [-0.2, 0) is 6.61 Å². The molecule has 1 N–H and O–H groups in total. The number of amides is 1. The van der Waals surface area contributed by atoms with Crippen molar-refractivity contribution in [3.63, 3.8) is 0 Å². The maximum atomic E-state index is 12.8. The molecule has 0 aliphatic heterocycles. The Hall–Kier alpha value is -3.45. The van der Waals surface area contributed by atoms with Gasteiger partial charge in [-0.3, -0.25) is 4.79 Å². The first-order valence-corrected chi connectivity index (χ1v) is 12.5. The summed E-state index contributed by atoms with van der Waals surface area (Å²) in [6.45, 7) is 2.42. The molecule has 0 heterocycles. The first-order chi connectivity index (χ1) is 17.9. The molecule has 0 aliphatic rings. The minimum atomic E-state index is -0.408. The molecular weight excluding hydrogens is 535 g/mol. The molecule has 37 heavy (non-hydrogen) atoms. The lowest BCUT2D eigenvalue weighted by Gasteiger charge is -2.15. The van der Waals surface area contributed by atoms with Crippen LogP contribution < -0.4 is 19.6 Å². The van der Waals surface area contributed by atoms with Crippen LogP contribution in [0, 0.1) is 0 Å². The lowest BCUT2D eigenvalue weighted by molar-refractivity contribution is 0.0952. The molecule has 4 aromatic carbocycles. The molecule has 0 radical (unpaired) electrons. The van der Waals surface area contributed by atoms with Gasteiger partial charge in [-0.1, -0.05) is 65.1 Å². The van der Waals surface area contributed by atoms with Gasteiger partial charge in [0.05, 0.1) is 30.5 Å². The van der Waals surface area contributed by atoms with E-state index >= 15 is 0 Å². The van der Waals surface area contributed by atoms with Crippen LogP contribution in [0.3, 0.4) is 0 Å². The Labute approximate surface area is 229 Å². The Morgan fingerprint density at radius 2 is 1.68 bits per heavy atom. The van der Waals surface area contributed by atoms with Crippen molar-refractivity contribution in [3.05, 3.63) is 98.5 Å². The zero-order chi connectivity index (χ0) is 26.4. The van der Waals surface area contributed by atoms with E-state index in [-0.39, 0.29) is 6.61 Å². The van der Waals surface area contributed by atoms with Gasteiger partial charge in [0.25, 0.3) is 5.91 Å². The maximum Gasteiger partial charge on any atom is 0.275 e. The van der Waals surface area contributed by atoms with Crippen LogP contribution in [0.4, 0.5) is 0 Å². The molecule has 6 nitrogen and oxygen atoms in total. The summed E-state index contributed by atoms with van der Waals surface area (Å²) in [5.74, 6) is 0.853. The quantitative estimate of drug-likeness (QED) is 0.170. The highest BCUT2D eigenvalue weighted by atomic mass is 35.5. The number of nitrogens with one attached hydrogen (secondary N) is 1. The number of halogens is 3. The normalized spacial score (nSPS) is 11.1. The summed E-state index contributed by atoms with van der Waals surface area (Å²) in [6.07, 6.45) is 1.47. The fourth-order valence-electron chi connectivity index (χ4n) is 3.65. The second kappa shape index (κ2) is 12.2. The third kappa shape index (κ3) is 6.46. The van der Waals surface area contributed by atoms with Crippen molar-refractivity contribution in [1.82, 2.24) is 5.43 Å². The Balaban J connectivity index is 1.51. The van der Waals surface area contributed by atoms with E-state index in [1.165, 1.54) is 13.3 Å². The van der Waals surface area contributed by atoms with E-state index < -0.39 is 5.91 Å². The fourth-order valence-corrected chi connectivity index (χ4v) is 4.38. The molecule has 0 saturated heterocycles. The molecular formula is C28H23Cl3N2O4. The van der Waals surface area contributed by atoms with Crippen molar-refractivity contribution in [2.24, 2.45) is 5.10 Å². The lowest BCUT2D eigenvalue weighted by Crippen LogP contribution is -2.18. The second-order valence-corrected chi connectivity index (χ2v) is 9.14. The average molecular weight is 558 g/mol. The molecule has 190 valence electrons. The highest BCUT2D eigenvalue weighted by Gasteiger charge is 2.15. The van der Waals surface area contributed by atoms with Crippen LogP contribution in [0.2, 0.25) is 15.1 Å². The van der Waals surface area contributed by atoms with Gasteiger partial charge in [0, 0.05) is 15.6 Å². The van der Waals surface area contributed by atoms with E-state index in [0.717, 1.165) is 16.3 Å². The van der Waals surface area contributed by atoms with Crippen LogP contribution in [0.5, 0.6) is 17.2 Å². The molecule has 0 bridgehead atoms. The number of hydrogen-bond acceptors (Lipinski definition) is 5. The fraction of sp³-hybridized carbons (Fsp3) is 0.143. The first kappa shape index (κ1) is 26.6. The lowest BCUT2D eigenvalue weighted by atomic mass is 10.1. The number of fused-ring (bicyclic) bond motifs is 1. The van der Waals surface area contributed by atoms with Gasteiger partial charge >= 0.3 is 0 Å². The molecule has 0 aliphatic carbocycles. The predicted octanol–water partition coefficient (Wildman–Crippen LogP) is 7.55. The Kier molecular flexibility index (Phi) is 8.77. The Bertz CT molecular complexity index is 1470. The van der Waals surface area contributed by atoms with Gasteiger partial charge in [-0.2, -0.15) is 5.10 Å².